The minimum atomic E-state index is -1.96. The van der Waals surface area contributed by atoms with Crippen LogP contribution >= 0.6 is 0 Å². The summed E-state index contributed by atoms with van der Waals surface area (Å²) in [7, 11) is 0. The number of amides is 1. The van der Waals surface area contributed by atoms with Crippen LogP contribution in [-0.4, -0.2) is 34.8 Å². The number of unbranched alkanes of at least 4 members (excludes halogenated alkanes) is 3. The van der Waals surface area contributed by atoms with Crippen molar-refractivity contribution in [3.8, 4) is 0 Å². The summed E-state index contributed by atoms with van der Waals surface area (Å²) in [6.07, 6.45) is 5.19. The van der Waals surface area contributed by atoms with Gasteiger partial charge >= 0.3 is 5.97 Å². The van der Waals surface area contributed by atoms with Gasteiger partial charge in [-0.25, -0.2) is 4.79 Å². The summed E-state index contributed by atoms with van der Waals surface area (Å²) < 4.78 is 0. The first-order valence-electron chi connectivity index (χ1n) is 8.17. The predicted molar refractivity (Wildman–Crippen MR) is 83.2 cm³/mol. The fourth-order valence-electron chi connectivity index (χ4n) is 2.97. The molecule has 0 spiro atoms. The number of hydrogen-bond donors (Lipinski definition) is 3. The average molecular weight is 312 g/mol. The Bertz CT molecular complexity index is 424. The lowest BCUT2D eigenvalue weighted by Crippen LogP contribution is -2.58. The Morgan fingerprint density at radius 3 is 2.59 bits per heavy atom. The van der Waals surface area contributed by atoms with Gasteiger partial charge in [-0.05, 0) is 19.3 Å². The predicted octanol–water partition coefficient (Wildman–Crippen LogP) is 1.47. The third kappa shape index (κ3) is 4.53. The van der Waals surface area contributed by atoms with E-state index in [4.69, 9.17) is 5.73 Å². The number of ketones is 1. The molecule has 1 rings (SSSR count). The maximum absolute atomic E-state index is 12.5. The van der Waals surface area contributed by atoms with E-state index < -0.39 is 29.1 Å². The molecule has 126 valence electrons. The molecule has 3 atom stereocenters. The topological polar surface area (TPSA) is 109 Å². The second kappa shape index (κ2) is 8.27. The molecule has 0 radical (unpaired) electrons. The van der Waals surface area contributed by atoms with E-state index in [1.165, 1.54) is 0 Å². The van der Waals surface area contributed by atoms with Crippen LogP contribution in [-0.2, 0) is 14.4 Å². The number of hydrogen-bond acceptors (Lipinski definition) is 4. The summed E-state index contributed by atoms with van der Waals surface area (Å²) in [5.41, 5.74) is 3.97. The van der Waals surface area contributed by atoms with Crippen LogP contribution < -0.4 is 11.1 Å². The number of aliphatic carboxylic acids is 1. The Kier molecular flexibility index (Phi) is 7.00. The minimum absolute atomic E-state index is 0.119. The molecule has 0 bridgehead atoms. The van der Waals surface area contributed by atoms with E-state index in [9.17, 15) is 19.5 Å². The van der Waals surface area contributed by atoms with Crippen molar-refractivity contribution in [2.24, 2.45) is 17.6 Å². The molecule has 2 unspecified atom stereocenters. The number of carbonyl (C=O) groups is 3. The molecule has 0 aromatic heterocycles. The first-order chi connectivity index (χ1) is 10.3. The smallest absolute Gasteiger partial charge is 0.331 e. The van der Waals surface area contributed by atoms with Crippen LogP contribution in [0.3, 0.4) is 0 Å². The van der Waals surface area contributed by atoms with E-state index in [0.29, 0.717) is 19.4 Å². The molecule has 0 aromatic rings. The highest BCUT2D eigenvalue weighted by Crippen LogP contribution is 2.26. The van der Waals surface area contributed by atoms with Gasteiger partial charge < -0.3 is 16.2 Å². The molecule has 0 aliphatic carbocycles. The van der Waals surface area contributed by atoms with Gasteiger partial charge in [-0.2, -0.15) is 0 Å². The third-order valence-corrected chi connectivity index (χ3v) is 4.49. The first-order valence-corrected chi connectivity index (χ1v) is 8.17. The van der Waals surface area contributed by atoms with Crippen LogP contribution in [0.4, 0.5) is 0 Å². The average Bonchev–Trinajstić information content (AvgIpc) is 2.87. The van der Waals surface area contributed by atoms with Gasteiger partial charge in [0.15, 0.2) is 11.3 Å². The van der Waals surface area contributed by atoms with Gasteiger partial charge in [0.25, 0.3) is 0 Å². The van der Waals surface area contributed by atoms with Gasteiger partial charge in [0.1, 0.15) is 0 Å². The molecule has 6 nitrogen and oxygen atoms in total. The molecule has 22 heavy (non-hydrogen) atoms. The van der Waals surface area contributed by atoms with Crippen molar-refractivity contribution in [3.63, 3.8) is 0 Å². The van der Waals surface area contributed by atoms with Gasteiger partial charge in [-0.15, -0.1) is 0 Å². The Morgan fingerprint density at radius 1 is 1.41 bits per heavy atom. The van der Waals surface area contributed by atoms with Crippen LogP contribution in [0.5, 0.6) is 0 Å². The number of carbonyl (C=O) groups excluding carboxylic acids is 2. The Labute approximate surface area is 131 Å². The van der Waals surface area contributed by atoms with Gasteiger partial charge in [-0.3, -0.25) is 9.59 Å². The van der Waals surface area contributed by atoms with Crippen LogP contribution in [0.2, 0.25) is 0 Å². The monoisotopic (exact) mass is 312 g/mol. The Morgan fingerprint density at radius 2 is 2.09 bits per heavy atom. The summed E-state index contributed by atoms with van der Waals surface area (Å²) in [6.45, 7) is 4.35. The summed E-state index contributed by atoms with van der Waals surface area (Å²) in [5.74, 6) is -2.90. The van der Waals surface area contributed by atoms with Crippen molar-refractivity contribution >= 4 is 17.7 Å². The lowest BCUT2D eigenvalue weighted by molar-refractivity contribution is -0.150. The summed E-state index contributed by atoms with van der Waals surface area (Å²) in [6, 6.07) is 0. The summed E-state index contributed by atoms with van der Waals surface area (Å²) in [5, 5.41) is 12.1. The Balaban J connectivity index is 2.69. The number of nitrogens with two attached hydrogens (primary N) is 1. The lowest BCUT2D eigenvalue weighted by Gasteiger charge is -2.28. The van der Waals surface area contributed by atoms with Crippen molar-refractivity contribution in [2.75, 3.05) is 6.54 Å². The molecule has 0 saturated carbocycles. The molecule has 6 heteroatoms. The van der Waals surface area contributed by atoms with Gasteiger partial charge in [0.2, 0.25) is 5.91 Å². The van der Waals surface area contributed by atoms with Crippen molar-refractivity contribution in [1.82, 2.24) is 5.32 Å². The van der Waals surface area contributed by atoms with Crippen molar-refractivity contribution in [3.05, 3.63) is 0 Å². The van der Waals surface area contributed by atoms with Gasteiger partial charge in [-0.1, -0.05) is 39.5 Å². The van der Waals surface area contributed by atoms with Crippen LogP contribution in [0.15, 0.2) is 0 Å². The number of carboxylic acids is 1. The first kappa shape index (κ1) is 18.6. The van der Waals surface area contributed by atoms with Crippen molar-refractivity contribution < 1.29 is 19.5 Å². The second-order valence-electron chi connectivity index (χ2n) is 6.37. The van der Waals surface area contributed by atoms with E-state index in [0.717, 1.165) is 25.7 Å². The molecule has 1 heterocycles. The number of Topliss-reactive ketones (excluding diaryl/α,β-unsaturated/α-hetero) is 1. The normalized spacial score (nSPS) is 22.0. The molecule has 1 fully saturated rings. The molecular weight excluding hydrogens is 284 g/mol. The largest absolute Gasteiger partial charge is 0.480 e. The number of nitrogens with one attached hydrogen (secondary N) is 1. The SMILES string of the molecule is CCCCCCC(C)C(=O)C(N)(C[C@@H]1CCNC1=O)C(=O)O. The Hall–Kier alpha value is -1.43. The van der Waals surface area contributed by atoms with E-state index >= 15 is 0 Å². The van der Waals surface area contributed by atoms with E-state index in [1.807, 2.05) is 0 Å². The quantitative estimate of drug-likeness (QED) is 0.418. The summed E-state index contributed by atoms with van der Waals surface area (Å²) >= 11 is 0. The van der Waals surface area contributed by atoms with Crippen molar-refractivity contribution in [2.45, 2.75) is 64.3 Å². The van der Waals surface area contributed by atoms with Crippen molar-refractivity contribution in [1.29, 1.82) is 0 Å². The molecule has 1 amide bonds. The zero-order chi connectivity index (χ0) is 16.8. The molecule has 4 N–H and O–H groups in total. The highest BCUT2D eigenvalue weighted by molar-refractivity contribution is 6.08. The summed E-state index contributed by atoms with van der Waals surface area (Å²) in [4.78, 5) is 35.7. The third-order valence-electron chi connectivity index (χ3n) is 4.49. The minimum Gasteiger partial charge on any atom is -0.480 e. The second-order valence-corrected chi connectivity index (χ2v) is 6.37. The van der Waals surface area contributed by atoms with E-state index in [-0.39, 0.29) is 12.3 Å². The number of rotatable bonds is 10. The van der Waals surface area contributed by atoms with Gasteiger partial charge in [0.05, 0.1) is 0 Å². The lowest BCUT2D eigenvalue weighted by atomic mass is 9.78. The highest BCUT2D eigenvalue weighted by atomic mass is 16.4. The maximum Gasteiger partial charge on any atom is 0.331 e. The van der Waals surface area contributed by atoms with Crippen LogP contribution in [0, 0.1) is 11.8 Å². The fraction of sp³-hybridized carbons (Fsp3) is 0.812. The highest BCUT2D eigenvalue weighted by Gasteiger charge is 2.47. The zero-order valence-corrected chi connectivity index (χ0v) is 13.6. The standard InChI is InChI=1S/C16H28N2O4/c1-3-4-5-6-7-11(2)13(19)16(17,15(21)22)10-12-8-9-18-14(12)20/h11-12H,3-10,17H2,1-2H3,(H,18,20)(H,21,22)/t11?,12-,16?/m0/s1. The molecule has 0 aromatic carbocycles. The van der Waals surface area contributed by atoms with Gasteiger partial charge in [0, 0.05) is 18.4 Å². The van der Waals surface area contributed by atoms with E-state index in [2.05, 4.69) is 12.2 Å². The molecule has 1 aliphatic rings. The zero-order valence-electron chi connectivity index (χ0n) is 13.6. The fourth-order valence-corrected chi connectivity index (χ4v) is 2.97. The van der Waals surface area contributed by atoms with Crippen LogP contribution in [0.1, 0.15) is 58.8 Å². The molecule has 1 aliphatic heterocycles. The molecule has 1 saturated heterocycles. The van der Waals surface area contributed by atoms with E-state index in [1.54, 1.807) is 6.92 Å². The maximum atomic E-state index is 12.5. The molecular formula is C16H28N2O4. The van der Waals surface area contributed by atoms with Crippen LogP contribution in [0.25, 0.3) is 0 Å². The number of carboxylic acid groups (broad SMARTS) is 1.